The Hall–Kier alpha value is -3.70. The Kier molecular flexibility index (Phi) is 5.58. The number of benzene rings is 1. The quantitative estimate of drug-likeness (QED) is 0.606. The van der Waals surface area contributed by atoms with E-state index in [1.54, 1.807) is 0 Å². The SMILES string of the molecule is O=C(Cn1cccc(C(F)(F)F)c1=O)NNC(=O)c1ccc([N+](=O)[O-])cc1. The van der Waals surface area contributed by atoms with Crippen LogP contribution < -0.4 is 16.4 Å². The fourth-order valence-electron chi connectivity index (χ4n) is 2.00. The van der Waals surface area contributed by atoms with Gasteiger partial charge >= 0.3 is 6.18 Å². The average molecular weight is 384 g/mol. The zero-order chi connectivity index (χ0) is 20.2. The number of hydrazine groups is 1. The van der Waals surface area contributed by atoms with Gasteiger partial charge in [0.2, 0.25) is 0 Å². The lowest BCUT2D eigenvalue weighted by molar-refractivity contribution is -0.384. The van der Waals surface area contributed by atoms with Crippen LogP contribution in [-0.2, 0) is 17.5 Å². The molecule has 0 aliphatic rings. The van der Waals surface area contributed by atoms with E-state index in [-0.39, 0.29) is 11.3 Å². The Bertz CT molecular complexity index is 938. The maximum atomic E-state index is 12.7. The van der Waals surface area contributed by atoms with Gasteiger partial charge in [-0.2, -0.15) is 13.2 Å². The van der Waals surface area contributed by atoms with Gasteiger partial charge in [-0.3, -0.25) is 35.3 Å². The number of halogens is 3. The maximum absolute atomic E-state index is 12.7. The molecular formula is C15H11F3N4O5. The minimum absolute atomic E-state index is 0.00265. The van der Waals surface area contributed by atoms with Crippen molar-refractivity contribution in [1.29, 1.82) is 0 Å². The van der Waals surface area contributed by atoms with Crippen LogP contribution in [0, 0.1) is 10.1 Å². The highest BCUT2D eigenvalue weighted by Gasteiger charge is 2.34. The Morgan fingerprint density at radius 1 is 1.11 bits per heavy atom. The fraction of sp³-hybridized carbons (Fsp3) is 0.133. The molecule has 1 aromatic heterocycles. The van der Waals surface area contributed by atoms with Crippen LogP contribution in [0.15, 0.2) is 47.4 Å². The molecular weight excluding hydrogens is 373 g/mol. The number of carbonyl (C=O) groups is 2. The summed E-state index contributed by atoms with van der Waals surface area (Å²) in [6.45, 7) is -0.761. The molecule has 0 unspecified atom stereocenters. The summed E-state index contributed by atoms with van der Waals surface area (Å²) in [6.07, 6.45) is -3.87. The lowest BCUT2D eigenvalue weighted by Gasteiger charge is -2.11. The number of carbonyl (C=O) groups excluding carboxylic acids is 2. The third-order valence-corrected chi connectivity index (χ3v) is 3.30. The van der Waals surface area contributed by atoms with Crippen molar-refractivity contribution in [3.63, 3.8) is 0 Å². The second-order valence-electron chi connectivity index (χ2n) is 5.16. The van der Waals surface area contributed by atoms with Gasteiger partial charge in [0.15, 0.2) is 0 Å². The van der Waals surface area contributed by atoms with Crippen LogP contribution in [0.2, 0.25) is 0 Å². The summed E-state index contributed by atoms with van der Waals surface area (Å²) < 4.78 is 38.6. The van der Waals surface area contributed by atoms with Crippen LogP contribution in [-0.4, -0.2) is 21.3 Å². The van der Waals surface area contributed by atoms with E-state index in [0.29, 0.717) is 10.6 Å². The van der Waals surface area contributed by atoms with Crippen LogP contribution in [0.3, 0.4) is 0 Å². The largest absolute Gasteiger partial charge is 0.421 e. The summed E-state index contributed by atoms with van der Waals surface area (Å²) >= 11 is 0. The van der Waals surface area contributed by atoms with E-state index < -0.39 is 40.6 Å². The molecule has 0 radical (unpaired) electrons. The normalized spacial score (nSPS) is 10.9. The molecule has 2 N–H and O–H groups in total. The van der Waals surface area contributed by atoms with Gasteiger partial charge in [-0.25, -0.2) is 0 Å². The van der Waals surface area contributed by atoms with Crippen molar-refractivity contribution < 1.29 is 27.7 Å². The third kappa shape index (κ3) is 4.90. The molecule has 0 aliphatic heterocycles. The molecule has 0 aliphatic carbocycles. The lowest BCUT2D eigenvalue weighted by Crippen LogP contribution is -2.44. The van der Waals surface area contributed by atoms with E-state index in [9.17, 15) is 37.7 Å². The molecule has 0 bridgehead atoms. The highest BCUT2D eigenvalue weighted by atomic mass is 19.4. The van der Waals surface area contributed by atoms with E-state index >= 15 is 0 Å². The van der Waals surface area contributed by atoms with Crippen molar-refractivity contribution in [2.45, 2.75) is 12.7 Å². The zero-order valence-electron chi connectivity index (χ0n) is 13.3. The second kappa shape index (κ2) is 7.68. The zero-order valence-corrected chi connectivity index (χ0v) is 13.3. The smallest absolute Gasteiger partial charge is 0.306 e. The van der Waals surface area contributed by atoms with Crippen molar-refractivity contribution >= 4 is 17.5 Å². The highest BCUT2D eigenvalue weighted by Crippen LogP contribution is 2.25. The average Bonchev–Trinajstić information content (AvgIpc) is 2.60. The van der Waals surface area contributed by atoms with Gasteiger partial charge in [-0.05, 0) is 24.3 Å². The summed E-state index contributed by atoms with van der Waals surface area (Å²) in [4.78, 5) is 45.2. The van der Waals surface area contributed by atoms with Gasteiger partial charge in [0.1, 0.15) is 12.1 Å². The second-order valence-corrected chi connectivity index (χ2v) is 5.16. The van der Waals surface area contributed by atoms with Crippen molar-refractivity contribution in [2.24, 2.45) is 0 Å². The summed E-state index contributed by atoms with van der Waals surface area (Å²) in [6, 6.07) is 6.02. The Morgan fingerprint density at radius 3 is 2.30 bits per heavy atom. The monoisotopic (exact) mass is 384 g/mol. The van der Waals surface area contributed by atoms with E-state index in [1.807, 2.05) is 10.9 Å². The first kappa shape index (κ1) is 19.6. The Labute approximate surface area is 148 Å². The summed E-state index contributed by atoms with van der Waals surface area (Å²) in [7, 11) is 0. The molecule has 142 valence electrons. The van der Waals surface area contributed by atoms with Gasteiger partial charge in [0.05, 0.1) is 4.92 Å². The number of nitrogens with zero attached hydrogens (tertiary/aromatic N) is 2. The number of aromatic nitrogens is 1. The van der Waals surface area contributed by atoms with Crippen LogP contribution in [0.4, 0.5) is 18.9 Å². The van der Waals surface area contributed by atoms with Gasteiger partial charge in [-0.15, -0.1) is 0 Å². The number of non-ortho nitro benzene ring substituents is 1. The van der Waals surface area contributed by atoms with Crippen molar-refractivity contribution in [3.8, 4) is 0 Å². The van der Waals surface area contributed by atoms with Crippen molar-refractivity contribution in [3.05, 3.63) is 74.2 Å². The van der Waals surface area contributed by atoms with Gasteiger partial charge in [0.25, 0.3) is 23.1 Å². The molecule has 2 aromatic rings. The Morgan fingerprint density at radius 2 is 1.74 bits per heavy atom. The predicted octanol–water partition coefficient (Wildman–Crippen LogP) is 1.24. The topological polar surface area (TPSA) is 123 Å². The van der Waals surface area contributed by atoms with E-state index in [1.165, 1.54) is 0 Å². The van der Waals surface area contributed by atoms with Gasteiger partial charge in [-0.1, -0.05) is 0 Å². The number of amides is 2. The summed E-state index contributed by atoms with van der Waals surface area (Å²) in [5.74, 6) is -1.76. The number of hydrogen-bond donors (Lipinski definition) is 2. The molecule has 0 saturated carbocycles. The molecule has 2 rings (SSSR count). The molecule has 0 fully saturated rings. The van der Waals surface area contributed by atoms with Crippen LogP contribution in [0.5, 0.6) is 0 Å². The standard InChI is InChI=1S/C15H11F3N4O5/c16-15(17,18)11-2-1-7-21(14(11)25)8-12(23)19-20-13(24)9-3-5-10(6-4-9)22(26)27/h1-7H,8H2,(H,19,23)(H,20,24). The number of alkyl halides is 3. The Balaban J connectivity index is 1.99. The molecule has 2 amide bonds. The first-order valence-electron chi connectivity index (χ1n) is 7.20. The van der Waals surface area contributed by atoms with Gasteiger partial charge < -0.3 is 4.57 Å². The maximum Gasteiger partial charge on any atom is 0.421 e. The minimum atomic E-state index is -4.86. The summed E-state index contributed by atoms with van der Waals surface area (Å²) in [5, 5.41) is 10.5. The van der Waals surface area contributed by atoms with Crippen molar-refractivity contribution in [2.75, 3.05) is 0 Å². The number of pyridine rings is 1. The molecule has 1 aromatic carbocycles. The third-order valence-electron chi connectivity index (χ3n) is 3.30. The van der Waals surface area contributed by atoms with Crippen LogP contribution in [0.1, 0.15) is 15.9 Å². The number of nitrogens with one attached hydrogen (secondary N) is 2. The number of nitro benzene ring substituents is 1. The highest BCUT2D eigenvalue weighted by molar-refractivity contribution is 5.95. The molecule has 0 atom stereocenters. The van der Waals surface area contributed by atoms with Crippen LogP contribution in [0.25, 0.3) is 0 Å². The van der Waals surface area contributed by atoms with E-state index in [4.69, 9.17) is 0 Å². The fourth-order valence-corrected chi connectivity index (χ4v) is 2.00. The molecule has 12 heteroatoms. The number of hydrogen-bond acceptors (Lipinski definition) is 5. The van der Waals surface area contributed by atoms with E-state index in [2.05, 4.69) is 0 Å². The molecule has 1 heterocycles. The summed E-state index contributed by atoms with van der Waals surface area (Å²) in [5.41, 5.74) is 0.861. The first-order valence-corrected chi connectivity index (χ1v) is 7.20. The van der Waals surface area contributed by atoms with Gasteiger partial charge in [0, 0.05) is 23.9 Å². The van der Waals surface area contributed by atoms with E-state index in [0.717, 1.165) is 36.5 Å². The predicted molar refractivity (Wildman–Crippen MR) is 84.4 cm³/mol. The van der Waals surface area contributed by atoms with Crippen molar-refractivity contribution in [1.82, 2.24) is 15.4 Å². The first-order chi connectivity index (χ1) is 12.6. The van der Waals surface area contributed by atoms with Crippen LogP contribution >= 0.6 is 0 Å². The molecule has 27 heavy (non-hydrogen) atoms. The molecule has 0 spiro atoms. The minimum Gasteiger partial charge on any atom is -0.306 e. The molecule has 0 saturated heterocycles. The number of rotatable bonds is 4. The number of nitro groups is 1. The molecule has 9 nitrogen and oxygen atoms in total. The lowest BCUT2D eigenvalue weighted by atomic mass is 10.2.